The lowest BCUT2D eigenvalue weighted by Gasteiger charge is -2.39. The van der Waals surface area contributed by atoms with Crippen molar-refractivity contribution in [1.29, 1.82) is 0 Å². The lowest BCUT2D eigenvalue weighted by molar-refractivity contribution is -0.133. The molecule has 0 saturated heterocycles. The molecule has 0 fully saturated rings. The fourth-order valence-electron chi connectivity index (χ4n) is 6.55. The van der Waals surface area contributed by atoms with E-state index in [0.717, 1.165) is 31.2 Å². The largest absolute Gasteiger partial charge is 0.494 e. The summed E-state index contributed by atoms with van der Waals surface area (Å²) in [6, 6.07) is 5.77. The van der Waals surface area contributed by atoms with Crippen LogP contribution in [0.1, 0.15) is 142 Å². The monoisotopic (exact) mass is 613 g/mol. The number of benzene rings is 1. The van der Waals surface area contributed by atoms with Crippen LogP contribution in [-0.2, 0) is 20.7 Å². The summed E-state index contributed by atoms with van der Waals surface area (Å²) >= 11 is 0. The average Bonchev–Trinajstić information content (AvgIpc) is 2.99. The SMILES string of the molecule is CCCCCCCCCCCCCCCc1cccc(OCC)c1C1C(C(=O)O)=C(C)N(CC(CC)OC)C(C)=C1C(=O)O. The zero-order valence-electron chi connectivity index (χ0n) is 28.4. The van der Waals surface area contributed by atoms with Gasteiger partial charge in [0, 0.05) is 30.6 Å². The summed E-state index contributed by atoms with van der Waals surface area (Å²) in [4.78, 5) is 27.6. The Kier molecular flexibility index (Phi) is 17.2. The first kappa shape index (κ1) is 37.4. The maximum atomic E-state index is 12.9. The number of allylic oxidation sites excluding steroid dienone is 2. The first-order valence-electron chi connectivity index (χ1n) is 17.2. The number of carboxylic acid groups (broad SMARTS) is 2. The molecule has 0 amide bonds. The van der Waals surface area contributed by atoms with Crippen LogP contribution in [-0.4, -0.2) is 53.4 Å². The molecule has 1 aliphatic rings. The molecule has 7 heteroatoms. The Labute approximate surface area is 266 Å². The maximum Gasteiger partial charge on any atom is 0.334 e. The minimum Gasteiger partial charge on any atom is -0.494 e. The predicted molar refractivity (Wildman–Crippen MR) is 178 cm³/mol. The van der Waals surface area contributed by atoms with Gasteiger partial charge in [-0.1, -0.05) is 103 Å². The number of hydrogen-bond acceptors (Lipinski definition) is 5. The molecule has 248 valence electrons. The maximum absolute atomic E-state index is 12.9. The van der Waals surface area contributed by atoms with Crippen molar-refractivity contribution in [2.75, 3.05) is 20.3 Å². The van der Waals surface area contributed by atoms with E-state index in [-0.39, 0.29) is 17.3 Å². The number of methoxy groups -OCH3 is 1. The molecule has 2 rings (SSSR count). The van der Waals surface area contributed by atoms with E-state index in [1.54, 1.807) is 25.9 Å². The zero-order chi connectivity index (χ0) is 32.5. The van der Waals surface area contributed by atoms with Crippen LogP contribution in [0.25, 0.3) is 0 Å². The molecule has 1 aromatic rings. The Morgan fingerprint density at radius 1 is 0.795 bits per heavy atom. The number of rotatable bonds is 23. The number of unbranched alkanes of at least 4 members (excludes halogenated alkanes) is 12. The standard InChI is InChI=1S/C37H59NO6/c1-7-10-11-12-13-14-15-16-17-18-19-20-21-23-29-24-22-25-31(44-9-3)34(29)35-32(36(39)40)27(4)38(26-30(8-2)43-6)28(5)33(35)37(41)42/h22,24-25,30,35H,7-21,23,26H2,1-6H3,(H,39,40)(H,41,42). The number of aryl methyl sites for hydroxylation is 1. The Hall–Kier alpha value is -2.80. The van der Waals surface area contributed by atoms with E-state index in [2.05, 4.69) is 6.92 Å². The van der Waals surface area contributed by atoms with Crippen LogP contribution in [0.15, 0.2) is 40.7 Å². The van der Waals surface area contributed by atoms with Crippen molar-refractivity contribution in [1.82, 2.24) is 4.90 Å². The molecule has 0 spiro atoms. The van der Waals surface area contributed by atoms with Crippen molar-refractivity contribution in [3.05, 3.63) is 51.9 Å². The van der Waals surface area contributed by atoms with Gasteiger partial charge in [-0.2, -0.15) is 0 Å². The zero-order valence-corrected chi connectivity index (χ0v) is 28.4. The number of nitrogens with zero attached hydrogens (tertiary/aromatic N) is 1. The minimum absolute atomic E-state index is 0.0812. The molecule has 7 nitrogen and oxygen atoms in total. The smallest absolute Gasteiger partial charge is 0.334 e. The fraction of sp³-hybridized carbons (Fsp3) is 0.676. The van der Waals surface area contributed by atoms with E-state index in [0.29, 0.717) is 35.9 Å². The average molecular weight is 614 g/mol. The molecule has 1 atom stereocenters. The lowest BCUT2D eigenvalue weighted by atomic mass is 9.77. The van der Waals surface area contributed by atoms with Crippen molar-refractivity contribution in [3.63, 3.8) is 0 Å². The van der Waals surface area contributed by atoms with Crippen molar-refractivity contribution >= 4 is 11.9 Å². The molecule has 0 aliphatic carbocycles. The number of hydrogen-bond donors (Lipinski definition) is 2. The number of carbonyl (C=O) groups is 2. The molecule has 2 N–H and O–H groups in total. The summed E-state index contributed by atoms with van der Waals surface area (Å²) in [5, 5.41) is 21.1. The molecule has 0 bridgehead atoms. The van der Waals surface area contributed by atoms with Gasteiger partial charge in [-0.15, -0.1) is 0 Å². The highest BCUT2D eigenvalue weighted by molar-refractivity contribution is 5.98. The highest BCUT2D eigenvalue weighted by Crippen LogP contribution is 2.46. The summed E-state index contributed by atoms with van der Waals surface area (Å²) in [5.41, 5.74) is 2.87. The normalized spacial score (nSPS) is 14.8. The van der Waals surface area contributed by atoms with Gasteiger partial charge in [0.2, 0.25) is 0 Å². The van der Waals surface area contributed by atoms with Crippen LogP contribution in [0.5, 0.6) is 5.75 Å². The molecule has 1 aliphatic heterocycles. The topological polar surface area (TPSA) is 96.3 Å². The summed E-state index contributed by atoms with van der Waals surface area (Å²) < 4.78 is 11.6. The third-order valence-electron chi connectivity index (χ3n) is 9.10. The predicted octanol–water partition coefficient (Wildman–Crippen LogP) is 9.26. The van der Waals surface area contributed by atoms with Crippen LogP contribution in [0.3, 0.4) is 0 Å². The lowest BCUT2D eigenvalue weighted by Crippen LogP contribution is -2.38. The van der Waals surface area contributed by atoms with E-state index in [9.17, 15) is 19.8 Å². The van der Waals surface area contributed by atoms with Gasteiger partial charge < -0.3 is 24.6 Å². The molecule has 0 aromatic heterocycles. The van der Waals surface area contributed by atoms with Crippen molar-refractivity contribution in [3.8, 4) is 5.75 Å². The van der Waals surface area contributed by atoms with E-state index < -0.39 is 17.9 Å². The van der Waals surface area contributed by atoms with Crippen LogP contribution in [0.4, 0.5) is 0 Å². The van der Waals surface area contributed by atoms with Crippen LogP contribution < -0.4 is 4.74 Å². The van der Waals surface area contributed by atoms with Gasteiger partial charge in [0.05, 0.1) is 29.8 Å². The van der Waals surface area contributed by atoms with Gasteiger partial charge in [0.1, 0.15) is 5.75 Å². The van der Waals surface area contributed by atoms with Gasteiger partial charge in [-0.25, -0.2) is 9.59 Å². The second-order valence-corrected chi connectivity index (χ2v) is 12.2. The van der Waals surface area contributed by atoms with Gasteiger partial charge in [0.25, 0.3) is 0 Å². The molecule has 1 heterocycles. The first-order valence-corrected chi connectivity index (χ1v) is 17.2. The highest BCUT2D eigenvalue weighted by atomic mass is 16.5. The molecular weight excluding hydrogens is 554 g/mol. The Morgan fingerprint density at radius 2 is 1.30 bits per heavy atom. The van der Waals surface area contributed by atoms with Crippen LogP contribution in [0, 0.1) is 0 Å². The summed E-state index contributed by atoms with van der Waals surface area (Å²) in [5.74, 6) is -2.62. The Bertz CT molecular complexity index is 1070. The van der Waals surface area contributed by atoms with Gasteiger partial charge >= 0.3 is 11.9 Å². The van der Waals surface area contributed by atoms with Gasteiger partial charge in [-0.05, 0) is 51.7 Å². The van der Waals surface area contributed by atoms with E-state index in [4.69, 9.17) is 9.47 Å². The second kappa shape index (κ2) is 20.3. The van der Waals surface area contributed by atoms with E-state index >= 15 is 0 Å². The molecule has 1 aromatic carbocycles. The summed E-state index contributed by atoms with van der Waals surface area (Å²) in [6.45, 7) is 10.5. The summed E-state index contributed by atoms with van der Waals surface area (Å²) in [7, 11) is 1.62. The van der Waals surface area contributed by atoms with Crippen molar-refractivity contribution in [2.24, 2.45) is 0 Å². The van der Waals surface area contributed by atoms with E-state index in [1.165, 1.54) is 70.6 Å². The summed E-state index contributed by atoms with van der Waals surface area (Å²) in [6.07, 6.45) is 17.8. The van der Waals surface area contributed by atoms with E-state index in [1.807, 2.05) is 32.0 Å². The second-order valence-electron chi connectivity index (χ2n) is 12.2. The third-order valence-corrected chi connectivity index (χ3v) is 9.10. The van der Waals surface area contributed by atoms with Crippen LogP contribution in [0.2, 0.25) is 0 Å². The minimum atomic E-state index is -1.12. The molecular formula is C37H59NO6. The van der Waals surface area contributed by atoms with Crippen LogP contribution >= 0.6 is 0 Å². The van der Waals surface area contributed by atoms with Crippen molar-refractivity contribution < 1.29 is 29.3 Å². The quantitative estimate of drug-likeness (QED) is 0.119. The van der Waals surface area contributed by atoms with Gasteiger partial charge in [0.15, 0.2) is 0 Å². The number of aliphatic carboxylic acids is 2. The third kappa shape index (κ3) is 10.7. The Morgan fingerprint density at radius 3 is 1.73 bits per heavy atom. The Balaban J connectivity index is 2.23. The molecule has 44 heavy (non-hydrogen) atoms. The number of ether oxygens (including phenoxy) is 2. The molecule has 1 unspecified atom stereocenters. The van der Waals surface area contributed by atoms with Gasteiger partial charge in [-0.3, -0.25) is 0 Å². The fourth-order valence-corrected chi connectivity index (χ4v) is 6.55. The first-order chi connectivity index (χ1) is 21.2. The number of carboxylic acids is 2. The molecule has 0 saturated carbocycles. The van der Waals surface area contributed by atoms with Crippen molar-refractivity contribution in [2.45, 2.75) is 143 Å². The highest BCUT2D eigenvalue weighted by Gasteiger charge is 2.41. The molecule has 0 radical (unpaired) electrons.